The number of rotatable bonds is 8. The molecule has 0 spiro atoms. The van der Waals surface area contributed by atoms with E-state index in [9.17, 15) is 13.6 Å². The van der Waals surface area contributed by atoms with Crippen LogP contribution in [0.1, 0.15) is 25.7 Å². The molecule has 0 aromatic rings. The van der Waals surface area contributed by atoms with E-state index in [0.717, 1.165) is 0 Å². The lowest BCUT2D eigenvalue weighted by atomic mass is 10.2. The van der Waals surface area contributed by atoms with Crippen LogP contribution >= 0.6 is 0 Å². The van der Waals surface area contributed by atoms with Crippen LogP contribution in [0.15, 0.2) is 0 Å². The van der Waals surface area contributed by atoms with Gasteiger partial charge in [-0.2, -0.15) is 0 Å². The van der Waals surface area contributed by atoms with E-state index in [0.29, 0.717) is 19.3 Å². The zero-order valence-electron chi connectivity index (χ0n) is 7.34. The first-order valence-electron chi connectivity index (χ1n) is 4.20. The van der Waals surface area contributed by atoms with Crippen molar-refractivity contribution >= 4 is 5.97 Å². The summed E-state index contributed by atoms with van der Waals surface area (Å²) in [5.41, 5.74) is 0. The van der Waals surface area contributed by atoms with Gasteiger partial charge in [-0.25, -0.2) is 8.78 Å². The van der Waals surface area contributed by atoms with Crippen molar-refractivity contribution in [3.8, 4) is 0 Å². The Morgan fingerprint density at radius 3 is 2.54 bits per heavy atom. The van der Waals surface area contributed by atoms with Crippen molar-refractivity contribution in [1.29, 1.82) is 0 Å². The van der Waals surface area contributed by atoms with E-state index in [4.69, 9.17) is 5.11 Å². The van der Waals surface area contributed by atoms with Gasteiger partial charge < -0.3 is 9.84 Å². The summed E-state index contributed by atoms with van der Waals surface area (Å²) in [5.74, 6) is -0.825. The summed E-state index contributed by atoms with van der Waals surface area (Å²) in [6, 6.07) is 0. The van der Waals surface area contributed by atoms with Crippen LogP contribution in [-0.2, 0) is 9.53 Å². The Labute approximate surface area is 75.7 Å². The van der Waals surface area contributed by atoms with Crippen molar-refractivity contribution in [2.45, 2.75) is 32.1 Å². The van der Waals surface area contributed by atoms with Gasteiger partial charge in [-0.15, -0.1) is 0 Å². The molecular formula is C8H14F2O3. The third-order valence-corrected chi connectivity index (χ3v) is 1.42. The molecule has 0 amide bonds. The number of unbranched alkanes of at least 4 members (excludes halogenated alkanes) is 2. The highest BCUT2D eigenvalue weighted by Crippen LogP contribution is 2.01. The van der Waals surface area contributed by atoms with Crippen molar-refractivity contribution in [3.05, 3.63) is 0 Å². The Hall–Kier alpha value is -0.710. The molecule has 0 fully saturated rings. The van der Waals surface area contributed by atoms with Crippen molar-refractivity contribution in [2.75, 3.05) is 13.2 Å². The van der Waals surface area contributed by atoms with Crippen molar-refractivity contribution < 1.29 is 23.4 Å². The van der Waals surface area contributed by atoms with Crippen LogP contribution in [-0.4, -0.2) is 30.7 Å². The molecule has 3 nitrogen and oxygen atoms in total. The lowest BCUT2D eigenvalue weighted by Gasteiger charge is -2.02. The molecule has 0 saturated carbocycles. The Balaban J connectivity index is 2.96. The summed E-state index contributed by atoms with van der Waals surface area (Å²) in [6.45, 7) is -0.247. The summed E-state index contributed by atoms with van der Waals surface area (Å²) in [6.07, 6.45) is -0.364. The molecule has 1 N–H and O–H groups in total. The number of hydrogen-bond donors (Lipinski definition) is 1. The topological polar surface area (TPSA) is 46.5 Å². The molecule has 0 aliphatic carbocycles. The van der Waals surface area contributed by atoms with Crippen molar-refractivity contribution in [2.24, 2.45) is 0 Å². The fourth-order valence-electron chi connectivity index (χ4n) is 0.830. The molecule has 0 aliphatic rings. The minimum Gasteiger partial charge on any atom is -0.481 e. The first-order chi connectivity index (χ1) is 6.13. The van der Waals surface area contributed by atoms with Gasteiger partial charge in [0.25, 0.3) is 6.43 Å². The lowest BCUT2D eigenvalue weighted by Crippen LogP contribution is -2.05. The summed E-state index contributed by atoms with van der Waals surface area (Å²) in [4.78, 5) is 10.0. The molecule has 0 atom stereocenters. The van der Waals surface area contributed by atoms with Gasteiger partial charge in [-0.1, -0.05) is 6.42 Å². The average Bonchev–Trinajstić information content (AvgIpc) is 2.01. The fraction of sp³-hybridized carbons (Fsp3) is 0.875. The first kappa shape index (κ1) is 12.3. The van der Waals surface area contributed by atoms with Crippen LogP contribution in [0.25, 0.3) is 0 Å². The van der Waals surface area contributed by atoms with Gasteiger partial charge in [-0.05, 0) is 12.8 Å². The predicted octanol–water partition coefficient (Wildman–Crippen LogP) is 1.91. The van der Waals surface area contributed by atoms with Gasteiger partial charge in [0.2, 0.25) is 0 Å². The quantitative estimate of drug-likeness (QED) is 0.603. The van der Waals surface area contributed by atoms with Gasteiger partial charge in [-0.3, -0.25) is 4.79 Å². The molecular weight excluding hydrogens is 182 g/mol. The molecule has 78 valence electrons. The molecule has 0 radical (unpaired) electrons. The normalized spacial score (nSPS) is 10.7. The number of alkyl halides is 2. The van der Waals surface area contributed by atoms with Crippen LogP contribution in [0.4, 0.5) is 8.78 Å². The summed E-state index contributed by atoms with van der Waals surface area (Å²) in [7, 11) is 0. The second-order valence-electron chi connectivity index (χ2n) is 2.67. The molecule has 0 rings (SSSR count). The molecule has 5 heteroatoms. The number of halogens is 2. The van der Waals surface area contributed by atoms with Crippen LogP contribution in [0.5, 0.6) is 0 Å². The highest BCUT2D eigenvalue weighted by Gasteiger charge is 2.01. The summed E-state index contributed by atoms with van der Waals surface area (Å²) in [5, 5.41) is 8.26. The Morgan fingerprint density at radius 1 is 1.31 bits per heavy atom. The van der Waals surface area contributed by atoms with Crippen LogP contribution < -0.4 is 0 Å². The van der Waals surface area contributed by atoms with E-state index in [1.165, 1.54) is 0 Å². The number of carboxylic acid groups (broad SMARTS) is 1. The van der Waals surface area contributed by atoms with Crippen molar-refractivity contribution in [3.63, 3.8) is 0 Å². The monoisotopic (exact) mass is 196 g/mol. The van der Waals surface area contributed by atoms with Gasteiger partial charge >= 0.3 is 5.97 Å². The Morgan fingerprint density at radius 2 is 2.00 bits per heavy atom. The Kier molecular flexibility index (Phi) is 7.48. The molecule has 0 unspecified atom stereocenters. The molecule has 0 aliphatic heterocycles. The van der Waals surface area contributed by atoms with Gasteiger partial charge in [0, 0.05) is 13.0 Å². The number of ether oxygens (including phenoxy) is 1. The molecule has 0 bridgehead atoms. The minimum atomic E-state index is -2.42. The standard InChI is InChI=1S/C8H14F2O3/c9-7(10)6-13-5-3-1-2-4-8(11)12/h7H,1-6H2,(H,11,12). The first-order valence-corrected chi connectivity index (χ1v) is 4.20. The van der Waals surface area contributed by atoms with Crippen LogP contribution in [0.3, 0.4) is 0 Å². The number of carboxylic acids is 1. The molecule has 0 aromatic heterocycles. The Bertz CT molecular complexity index is 139. The molecule has 0 saturated heterocycles. The number of aliphatic carboxylic acids is 1. The molecule has 13 heavy (non-hydrogen) atoms. The second kappa shape index (κ2) is 7.91. The third kappa shape index (κ3) is 11.3. The summed E-state index contributed by atoms with van der Waals surface area (Å²) < 4.78 is 27.6. The van der Waals surface area contributed by atoms with Gasteiger partial charge in [0.1, 0.15) is 6.61 Å². The van der Waals surface area contributed by atoms with E-state index >= 15 is 0 Å². The highest BCUT2D eigenvalue weighted by atomic mass is 19.3. The van der Waals surface area contributed by atoms with E-state index in [2.05, 4.69) is 4.74 Å². The largest absolute Gasteiger partial charge is 0.481 e. The van der Waals surface area contributed by atoms with Crippen LogP contribution in [0.2, 0.25) is 0 Å². The minimum absolute atomic E-state index is 0.134. The third-order valence-electron chi connectivity index (χ3n) is 1.42. The van der Waals surface area contributed by atoms with Gasteiger partial charge in [0.15, 0.2) is 0 Å². The van der Waals surface area contributed by atoms with Crippen molar-refractivity contribution in [1.82, 2.24) is 0 Å². The maximum atomic E-state index is 11.5. The van der Waals surface area contributed by atoms with E-state index in [1.807, 2.05) is 0 Å². The smallest absolute Gasteiger partial charge is 0.303 e. The maximum absolute atomic E-state index is 11.5. The van der Waals surface area contributed by atoms with Gasteiger partial charge in [0.05, 0.1) is 0 Å². The zero-order chi connectivity index (χ0) is 10.1. The van der Waals surface area contributed by atoms with E-state index in [1.54, 1.807) is 0 Å². The predicted molar refractivity (Wildman–Crippen MR) is 42.9 cm³/mol. The molecule has 0 aromatic carbocycles. The number of carbonyl (C=O) groups is 1. The summed E-state index contributed by atoms with van der Waals surface area (Å²) >= 11 is 0. The zero-order valence-corrected chi connectivity index (χ0v) is 7.34. The average molecular weight is 196 g/mol. The molecule has 0 heterocycles. The van der Waals surface area contributed by atoms with E-state index in [-0.39, 0.29) is 13.0 Å². The lowest BCUT2D eigenvalue weighted by molar-refractivity contribution is -0.137. The SMILES string of the molecule is O=C(O)CCCCCOCC(F)F. The van der Waals surface area contributed by atoms with Crippen LogP contribution in [0, 0.1) is 0 Å². The van der Waals surface area contributed by atoms with E-state index < -0.39 is 19.0 Å². The number of hydrogen-bond acceptors (Lipinski definition) is 2. The highest BCUT2D eigenvalue weighted by molar-refractivity contribution is 5.66. The fourth-order valence-corrected chi connectivity index (χ4v) is 0.830. The second-order valence-corrected chi connectivity index (χ2v) is 2.67. The maximum Gasteiger partial charge on any atom is 0.303 e.